The van der Waals surface area contributed by atoms with Gasteiger partial charge < -0.3 is 15.5 Å². The second-order valence-corrected chi connectivity index (χ2v) is 5.71. The smallest absolute Gasteiger partial charge is 0.271 e. The van der Waals surface area contributed by atoms with Crippen LogP contribution in [0.25, 0.3) is 0 Å². The summed E-state index contributed by atoms with van der Waals surface area (Å²) in [4.78, 5) is 26.5. The molecule has 0 atom stereocenters. The molecule has 1 aromatic rings. The summed E-state index contributed by atoms with van der Waals surface area (Å²) < 4.78 is 0. The Hall–Kier alpha value is -1.57. The van der Waals surface area contributed by atoms with Gasteiger partial charge in [0.05, 0.1) is 10.5 Å². The van der Waals surface area contributed by atoms with Gasteiger partial charge in [-0.05, 0) is 18.9 Å². The molecule has 2 fully saturated rings. The Kier molecular flexibility index (Phi) is 6.21. The van der Waals surface area contributed by atoms with Gasteiger partial charge in [-0.3, -0.25) is 14.9 Å². The molecular weight excluding hydrogens is 343 g/mol. The van der Waals surface area contributed by atoms with Crippen molar-refractivity contribution in [3.63, 3.8) is 0 Å². The lowest BCUT2D eigenvalue weighted by molar-refractivity contribution is -0.384. The predicted octanol–water partition coefficient (Wildman–Crippen LogP) is 1.58. The van der Waals surface area contributed by atoms with Crippen LogP contribution < -0.4 is 10.6 Å². The summed E-state index contributed by atoms with van der Waals surface area (Å²) in [6.45, 7) is 2.56. The fourth-order valence-electron chi connectivity index (χ4n) is 2.63. The largest absolute Gasteiger partial charge is 0.368 e. The molecule has 1 saturated heterocycles. The molecule has 2 N–H and O–H groups in total. The third-order valence-electron chi connectivity index (χ3n) is 4.19. The van der Waals surface area contributed by atoms with Gasteiger partial charge in [0, 0.05) is 44.0 Å². The van der Waals surface area contributed by atoms with Crippen molar-refractivity contribution < 1.29 is 9.72 Å². The molecule has 2 aliphatic rings. The van der Waals surface area contributed by atoms with Gasteiger partial charge in [-0.25, -0.2) is 0 Å². The van der Waals surface area contributed by atoms with Gasteiger partial charge in [-0.2, -0.15) is 0 Å². The number of hydrogen-bond donors (Lipinski definition) is 1. The number of nitrogens with two attached hydrogens (primary N) is 1. The number of non-ortho nitro benzene ring substituents is 1. The van der Waals surface area contributed by atoms with Crippen molar-refractivity contribution >= 4 is 42.1 Å². The maximum Gasteiger partial charge on any atom is 0.271 e. The van der Waals surface area contributed by atoms with Gasteiger partial charge >= 0.3 is 0 Å². The molecule has 0 bridgehead atoms. The molecule has 1 aliphatic carbocycles. The molecule has 7 nitrogen and oxygen atoms in total. The second kappa shape index (κ2) is 7.33. The minimum atomic E-state index is -0.617. The number of rotatable bonds is 3. The molecular formula is C14H20Cl2N4O3. The first kappa shape index (κ1) is 19.5. The summed E-state index contributed by atoms with van der Waals surface area (Å²) in [5.41, 5.74) is 6.23. The molecule has 9 heteroatoms. The average molecular weight is 363 g/mol. The molecule has 23 heavy (non-hydrogen) atoms. The Bertz CT molecular complexity index is 587. The zero-order chi connectivity index (χ0) is 15.0. The molecule has 3 rings (SSSR count). The number of nitrogens with zero attached hydrogens (tertiary/aromatic N) is 3. The maximum absolute atomic E-state index is 12.2. The number of amides is 1. The first-order chi connectivity index (χ1) is 9.99. The number of nitro benzene ring substituents is 1. The lowest BCUT2D eigenvalue weighted by atomic mass is 10.2. The van der Waals surface area contributed by atoms with Crippen molar-refractivity contribution in [3.05, 3.63) is 34.4 Å². The van der Waals surface area contributed by atoms with E-state index in [4.69, 9.17) is 5.73 Å². The predicted molar refractivity (Wildman–Crippen MR) is 92.5 cm³/mol. The molecule has 1 amide bonds. The van der Waals surface area contributed by atoms with E-state index in [0.29, 0.717) is 26.2 Å². The van der Waals surface area contributed by atoms with Crippen LogP contribution in [0.2, 0.25) is 0 Å². The highest BCUT2D eigenvalue weighted by Crippen LogP contribution is 2.34. The Morgan fingerprint density at radius 3 is 2.30 bits per heavy atom. The standard InChI is InChI=1S/C14H18N4O3.2ClH/c15-14(4-5-14)13(19)17-8-6-16(7-9-17)11-2-1-3-12(10-11)18(20)21;;/h1-3,10H,4-9,15H2;2*1H. The average Bonchev–Trinajstić information content (AvgIpc) is 3.26. The summed E-state index contributed by atoms with van der Waals surface area (Å²) in [5.74, 6) is 0.0428. The number of carbonyl (C=O) groups excluding carboxylic acids is 1. The van der Waals surface area contributed by atoms with Crippen molar-refractivity contribution in [2.45, 2.75) is 18.4 Å². The van der Waals surface area contributed by atoms with E-state index in [9.17, 15) is 14.9 Å². The van der Waals surface area contributed by atoms with Crippen LogP contribution in [0.15, 0.2) is 24.3 Å². The SMILES string of the molecule is Cl.Cl.NC1(C(=O)N2CCN(c3cccc([N+](=O)[O-])c3)CC2)CC1. The summed E-state index contributed by atoms with van der Waals surface area (Å²) in [7, 11) is 0. The second-order valence-electron chi connectivity index (χ2n) is 5.71. The first-order valence-corrected chi connectivity index (χ1v) is 7.07. The summed E-state index contributed by atoms with van der Waals surface area (Å²) in [5, 5.41) is 10.8. The van der Waals surface area contributed by atoms with Gasteiger partial charge in [0.25, 0.3) is 5.69 Å². The number of hydrogen-bond acceptors (Lipinski definition) is 5. The summed E-state index contributed by atoms with van der Waals surface area (Å²) in [6, 6.07) is 6.59. The lowest BCUT2D eigenvalue weighted by Crippen LogP contribution is -2.54. The highest BCUT2D eigenvalue weighted by molar-refractivity contribution is 5.89. The van der Waals surface area contributed by atoms with Crippen LogP contribution in [0, 0.1) is 10.1 Å². The maximum atomic E-state index is 12.2. The van der Waals surface area contributed by atoms with Gasteiger partial charge in [0.2, 0.25) is 5.91 Å². The topological polar surface area (TPSA) is 92.7 Å². The number of piperazine rings is 1. The Morgan fingerprint density at radius 2 is 1.78 bits per heavy atom. The van der Waals surface area contributed by atoms with Gasteiger partial charge in [0.15, 0.2) is 0 Å². The molecule has 1 aliphatic heterocycles. The van der Waals surface area contributed by atoms with Gasteiger partial charge in [-0.15, -0.1) is 24.8 Å². The number of anilines is 1. The van der Waals surface area contributed by atoms with E-state index >= 15 is 0 Å². The number of carbonyl (C=O) groups is 1. The fourth-order valence-corrected chi connectivity index (χ4v) is 2.63. The van der Waals surface area contributed by atoms with Crippen LogP contribution >= 0.6 is 24.8 Å². The van der Waals surface area contributed by atoms with Gasteiger partial charge in [-0.1, -0.05) is 6.07 Å². The van der Waals surface area contributed by atoms with E-state index in [1.165, 1.54) is 6.07 Å². The zero-order valence-corrected chi connectivity index (χ0v) is 14.1. The Morgan fingerprint density at radius 1 is 1.17 bits per heavy atom. The molecule has 128 valence electrons. The Labute approximate surface area is 146 Å². The normalized spacial score (nSPS) is 18.5. The van der Waals surface area contributed by atoms with Crippen molar-refractivity contribution in [1.82, 2.24) is 4.90 Å². The quantitative estimate of drug-likeness (QED) is 0.650. The minimum absolute atomic E-state index is 0. The van der Waals surface area contributed by atoms with E-state index in [0.717, 1.165) is 18.5 Å². The van der Waals surface area contributed by atoms with Crippen LogP contribution in [-0.4, -0.2) is 47.4 Å². The van der Waals surface area contributed by atoms with Crippen molar-refractivity contribution in [2.75, 3.05) is 31.1 Å². The van der Waals surface area contributed by atoms with E-state index in [-0.39, 0.29) is 36.4 Å². The lowest BCUT2D eigenvalue weighted by Gasteiger charge is -2.37. The first-order valence-electron chi connectivity index (χ1n) is 7.07. The monoisotopic (exact) mass is 362 g/mol. The van der Waals surface area contributed by atoms with Crippen molar-refractivity contribution in [1.29, 1.82) is 0 Å². The zero-order valence-electron chi connectivity index (χ0n) is 12.5. The highest BCUT2D eigenvalue weighted by Gasteiger charge is 2.48. The van der Waals surface area contributed by atoms with E-state index in [1.54, 1.807) is 17.0 Å². The summed E-state index contributed by atoms with van der Waals surface area (Å²) >= 11 is 0. The Balaban J connectivity index is 0.00000132. The molecule has 0 spiro atoms. The van der Waals surface area contributed by atoms with Crippen molar-refractivity contribution in [3.8, 4) is 0 Å². The molecule has 1 heterocycles. The van der Waals surface area contributed by atoms with Crippen LogP contribution in [0.3, 0.4) is 0 Å². The number of benzene rings is 1. The van der Waals surface area contributed by atoms with Crippen LogP contribution in [0.4, 0.5) is 11.4 Å². The van der Waals surface area contributed by atoms with Crippen LogP contribution in [0.1, 0.15) is 12.8 Å². The van der Waals surface area contributed by atoms with Crippen LogP contribution in [-0.2, 0) is 4.79 Å². The number of nitro groups is 1. The van der Waals surface area contributed by atoms with Crippen LogP contribution in [0.5, 0.6) is 0 Å². The van der Waals surface area contributed by atoms with E-state index < -0.39 is 10.5 Å². The minimum Gasteiger partial charge on any atom is -0.368 e. The molecule has 0 unspecified atom stereocenters. The molecule has 0 radical (unpaired) electrons. The molecule has 0 aromatic heterocycles. The number of halogens is 2. The molecule has 1 saturated carbocycles. The third-order valence-corrected chi connectivity index (χ3v) is 4.19. The third kappa shape index (κ3) is 4.04. The van der Waals surface area contributed by atoms with Crippen molar-refractivity contribution in [2.24, 2.45) is 5.73 Å². The summed E-state index contributed by atoms with van der Waals surface area (Å²) in [6.07, 6.45) is 1.55. The van der Waals surface area contributed by atoms with E-state index in [1.807, 2.05) is 6.07 Å². The highest BCUT2D eigenvalue weighted by atomic mass is 35.5. The molecule has 1 aromatic carbocycles. The fraction of sp³-hybridized carbons (Fsp3) is 0.500. The van der Waals surface area contributed by atoms with E-state index in [2.05, 4.69) is 4.90 Å². The van der Waals surface area contributed by atoms with Gasteiger partial charge in [0.1, 0.15) is 0 Å².